The Balaban J connectivity index is 1.82. The third kappa shape index (κ3) is 5.07. The highest BCUT2D eigenvalue weighted by atomic mass is 32.1. The number of anilines is 2. The van der Waals surface area contributed by atoms with Crippen molar-refractivity contribution in [1.82, 2.24) is 9.69 Å². The number of thiophene rings is 1. The lowest BCUT2D eigenvalue weighted by atomic mass is 10.1. The summed E-state index contributed by atoms with van der Waals surface area (Å²) in [6.45, 7) is 0.268. The van der Waals surface area contributed by atoms with Gasteiger partial charge in [0.25, 0.3) is 11.8 Å². The molecule has 2 aromatic carbocycles. The predicted octanol–water partition coefficient (Wildman–Crippen LogP) is 3.60. The van der Waals surface area contributed by atoms with Crippen molar-refractivity contribution in [3.8, 4) is 5.75 Å². The Morgan fingerprint density at radius 1 is 1.06 bits per heavy atom. The molecule has 1 atom stereocenters. The van der Waals surface area contributed by atoms with Crippen LogP contribution >= 0.6 is 22.9 Å². The van der Waals surface area contributed by atoms with Crippen molar-refractivity contribution in [3.63, 3.8) is 0 Å². The zero-order valence-electron chi connectivity index (χ0n) is 19.2. The Morgan fingerprint density at radius 3 is 2.42 bits per heavy atom. The third-order valence-corrected chi connectivity index (χ3v) is 7.12. The highest BCUT2D eigenvalue weighted by Gasteiger charge is 2.37. The van der Waals surface area contributed by atoms with E-state index < -0.39 is 23.8 Å². The summed E-state index contributed by atoms with van der Waals surface area (Å²) in [4.78, 5) is 41.4. The zero-order valence-corrected chi connectivity index (χ0v) is 20.8. The number of carbonyl (C=O) groups excluding carboxylic acids is 3. The fourth-order valence-electron chi connectivity index (χ4n) is 3.64. The number of nitrogens with two attached hydrogens (primary N) is 2. The topological polar surface area (TPSA) is 141 Å². The molecule has 9 nitrogen and oxygen atoms in total. The van der Waals surface area contributed by atoms with Crippen LogP contribution in [0.2, 0.25) is 0 Å². The van der Waals surface area contributed by atoms with Crippen LogP contribution < -0.4 is 26.4 Å². The first-order chi connectivity index (χ1) is 17.4. The van der Waals surface area contributed by atoms with Crippen LogP contribution in [0.5, 0.6) is 5.75 Å². The molecule has 5 N–H and O–H groups in total. The number of hydrogen-bond donors (Lipinski definition) is 3. The second-order valence-corrected chi connectivity index (χ2v) is 9.36. The Bertz CT molecular complexity index is 1370. The highest BCUT2D eigenvalue weighted by Crippen LogP contribution is 2.38. The van der Waals surface area contributed by atoms with E-state index in [1.165, 1.54) is 23.3 Å². The van der Waals surface area contributed by atoms with E-state index in [4.69, 9.17) is 16.2 Å². The summed E-state index contributed by atoms with van der Waals surface area (Å²) in [5.74, 6) is -1.49. The number of nitrogens with zero attached hydrogens (tertiary/aromatic N) is 2. The first-order valence-corrected chi connectivity index (χ1v) is 12.4. The van der Waals surface area contributed by atoms with E-state index in [0.29, 0.717) is 16.3 Å². The standard InChI is InChI=1S/C25H23N5O4S2/c1-34-17-11-6-5-10-16(17)30(25(33)22-19(26)20(23(27)31)29-36-22)21(18-12-7-13-35-18)24(32)28-14-15-8-3-2-4-9-15/h2-13,21H,14,26H2,1H3,(H2,27,31)(H,28,32)/t21-/m1/s1. The maximum atomic E-state index is 14.0. The molecular weight excluding hydrogens is 498 g/mol. The Kier molecular flexibility index (Phi) is 7.62. The maximum absolute atomic E-state index is 14.0. The van der Waals surface area contributed by atoms with Gasteiger partial charge in [-0.15, -0.1) is 11.3 Å². The molecule has 11 heteroatoms. The van der Waals surface area contributed by atoms with E-state index in [0.717, 1.165) is 17.1 Å². The van der Waals surface area contributed by atoms with Crippen molar-refractivity contribution in [1.29, 1.82) is 0 Å². The molecule has 2 heterocycles. The molecule has 0 saturated carbocycles. The van der Waals surface area contributed by atoms with Crippen LogP contribution in [0.15, 0.2) is 72.1 Å². The molecular formula is C25H23N5O4S2. The van der Waals surface area contributed by atoms with Crippen LogP contribution in [0.4, 0.5) is 11.4 Å². The first kappa shape index (κ1) is 24.9. The molecule has 4 rings (SSSR count). The number of primary amides is 1. The van der Waals surface area contributed by atoms with Gasteiger partial charge in [-0.05, 0) is 40.7 Å². The summed E-state index contributed by atoms with van der Waals surface area (Å²) in [7, 11) is 1.48. The molecule has 0 aliphatic heterocycles. The summed E-state index contributed by atoms with van der Waals surface area (Å²) >= 11 is 2.08. The van der Waals surface area contributed by atoms with Gasteiger partial charge in [0, 0.05) is 11.4 Å². The number of hydrogen-bond acceptors (Lipinski definition) is 8. The van der Waals surface area contributed by atoms with Crippen molar-refractivity contribution in [2.75, 3.05) is 17.7 Å². The van der Waals surface area contributed by atoms with Gasteiger partial charge in [0.2, 0.25) is 5.91 Å². The monoisotopic (exact) mass is 521 g/mol. The average Bonchev–Trinajstić information content (AvgIpc) is 3.56. The lowest BCUT2D eigenvalue weighted by Crippen LogP contribution is -2.43. The molecule has 0 spiro atoms. The average molecular weight is 522 g/mol. The summed E-state index contributed by atoms with van der Waals surface area (Å²) in [6.07, 6.45) is 0. The maximum Gasteiger partial charge on any atom is 0.273 e. The molecule has 0 aliphatic carbocycles. The lowest BCUT2D eigenvalue weighted by Gasteiger charge is -2.31. The number of benzene rings is 2. The lowest BCUT2D eigenvalue weighted by molar-refractivity contribution is -0.122. The smallest absolute Gasteiger partial charge is 0.273 e. The van der Waals surface area contributed by atoms with E-state index in [-0.39, 0.29) is 22.8 Å². The summed E-state index contributed by atoms with van der Waals surface area (Å²) in [6, 6.07) is 18.8. The number of para-hydroxylation sites is 2. The molecule has 0 fully saturated rings. The quantitative estimate of drug-likeness (QED) is 0.307. The van der Waals surface area contributed by atoms with Gasteiger partial charge in [-0.1, -0.05) is 48.5 Å². The second kappa shape index (κ2) is 11.0. The second-order valence-electron chi connectivity index (χ2n) is 7.61. The van der Waals surface area contributed by atoms with Crippen molar-refractivity contribution >= 4 is 52.0 Å². The minimum absolute atomic E-state index is 0.00729. The minimum atomic E-state index is -1.06. The largest absolute Gasteiger partial charge is 0.495 e. The fourth-order valence-corrected chi connectivity index (χ4v) is 5.19. The third-order valence-electron chi connectivity index (χ3n) is 5.35. The van der Waals surface area contributed by atoms with Gasteiger partial charge in [0.15, 0.2) is 11.7 Å². The number of ether oxygens (including phenoxy) is 1. The zero-order chi connectivity index (χ0) is 25.7. The van der Waals surface area contributed by atoms with Crippen LogP contribution in [0.3, 0.4) is 0 Å². The summed E-state index contributed by atoms with van der Waals surface area (Å²) < 4.78 is 9.49. The van der Waals surface area contributed by atoms with Crippen molar-refractivity contribution in [2.24, 2.45) is 5.73 Å². The van der Waals surface area contributed by atoms with Crippen LogP contribution in [0.1, 0.15) is 36.6 Å². The summed E-state index contributed by atoms with van der Waals surface area (Å²) in [5, 5.41) is 4.76. The van der Waals surface area contributed by atoms with Crippen molar-refractivity contribution < 1.29 is 19.1 Å². The van der Waals surface area contributed by atoms with Crippen LogP contribution in [-0.2, 0) is 11.3 Å². The number of aromatic nitrogens is 1. The number of amides is 3. The summed E-state index contributed by atoms with van der Waals surface area (Å²) in [5.41, 5.74) is 12.4. The van der Waals surface area contributed by atoms with Crippen LogP contribution in [0, 0.1) is 0 Å². The first-order valence-electron chi connectivity index (χ1n) is 10.8. The van der Waals surface area contributed by atoms with Gasteiger partial charge < -0.3 is 21.5 Å². The van der Waals surface area contributed by atoms with Crippen molar-refractivity contribution in [3.05, 3.63) is 93.1 Å². The molecule has 4 aromatic rings. The van der Waals surface area contributed by atoms with Crippen molar-refractivity contribution in [2.45, 2.75) is 12.6 Å². The number of nitrogen functional groups attached to an aromatic ring is 1. The van der Waals surface area contributed by atoms with Gasteiger partial charge in [-0.25, -0.2) is 0 Å². The van der Waals surface area contributed by atoms with Gasteiger partial charge >= 0.3 is 0 Å². The van der Waals surface area contributed by atoms with E-state index in [1.807, 2.05) is 35.7 Å². The highest BCUT2D eigenvalue weighted by molar-refractivity contribution is 7.10. The number of rotatable bonds is 9. The Morgan fingerprint density at radius 2 is 1.78 bits per heavy atom. The molecule has 0 saturated heterocycles. The number of nitrogens with one attached hydrogen (secondary N) is 1. The molecule has 3 amide bonds. The van der Waals surface area contributed by atoms with E-state index >= 15 is 0 Å². The van der Waals surface area contributed by atoms with Crippen LogP contribution in [0.25, 0.3) is 0 Å². The van der Waals surface area contributed by atoms with Gasteiger partial charge in [-0.2, -0.15) is 4.37 Å². The molecule has 0 radical (unpaired) electrons. The van der Waals surface area contributed by atoms with Gasteiger partial charge in [0.05, 0.1) is 18.5 Å². The van der Waals surface area contributed by atoms with Gasteiger partial charge in [0.1, 0.15) is 10.6 Å². The Hall–Kier alpha value is -4.22. The predicted molar refractivity (Wildman–Crippen MR) is 140 cm³/mol. The SMILES string of the molecule is COc1ccccc1N(C(=O)c1snc(C(N)=O)c1N)[C@@H](C(=O)NCc1ccccc1)c1cccs1. The van der Waals surface area contributed by atoms with E-state index in [1.54, 1.807) is 36.4 Å². The fraction of sp³-hybridized carbons (Fsp3) is 0.120. The van der Waals surface area contributed by atoms with Crippen LogP contribution in [-0.4, -0.2) is 29.2 Å². The number of methoxy groups -OCH3 is 1. The molecule has 184 valence electrons. The molecule has 0 bridgehead atoms. The molecule has 2 aromatic heterocycles. The Labute approximate surface area is 215 Å². The molecule has 0 unspecified atom stereocenters. The van der Waals surface area contributed by atoms with E-state index in [2.05, 4.69) is 9.69 Å². The number of carbonyl (C=O) groups is 3. The molecule has 36 heavy (non-hydrogen) atoms. The van der Waals surface area contributed by atoms with E-state index in [9.17, 15) is 14.4 Å². The molecule has 0 aliphatic rings. The minimum Gasteiger partial charge on any atom is -0.495 e. The van der Waals surface area contributed by atoms with Gasteiger partial charge in [-0.3, -0.25) is 19.3 Å². The normalized spacial score (nSPS) is 11.5.